The summed E-state index contributed by atoms with van der Waals surface area (Å²) in [6, 6.07) is 5.86. The maximum Gasteiger partial charge on any atom is 0.326 e. The molecule has 1 N–H and O–H groups in total. The predicted octanol–water partition coefficient (Wildman–Crippen LogP) is 2.25. The molecule has 1 saturated heterocycles. The van der Waals surface area contributed by atoms with E-state index >= 15 is 0 Å². The zero-order chi connectivity index (χ0) is 12.7. The van der Waals surface area contributed by atoms with E-state index in [0.717, 1.165) is 37.0 Å². The van der Waals surface area contributed by atoms with Crippen LogP contribution in [0.1, 0.15) is 18.9 Å². The molecule has 0 radical (unpaired) electrons. The molecule has 0 aliphatic carbocycles. The monoisotopic (exact) mass is 265 g/mol. The van der Waals surface area contributed by atoms with Crippen LogP contribution in [0.3, 0.4) is 0 Å². The van der Waals surface area contributed by atoms with Gasteiger partial charge in [-0.05, 0) is 51.2 Å². The predicted molar refractivity (Wildman–Crippen MR) is 73.3 cm³/mol. The third-order valence-corrected chi connectivity index (χ3v) is 3.97. The van der Waals surface area contributed by atoms with E-state index in [-0.39, 0.29) is 5.69 Å². The van der Waals surface area contributed by atoms with Crippen LogP contribution in [0.25, 0.3) is 11.0 Å². The lowest BCUT2D eigenvalue weighted by atomic mass is 10.1. The van der Waals surface area contributed by atoms with Gasteiger partial charge in [0, 0.05) is 11.1 Å². The van der Waals surface area contributed by atoms with Gasteiger partial charge in [0.1, 0.15) is 0 Å². The number of nitrogens with one attached hydrogen (secondary N) is 1. The van der Waals surface area contributed by atoms with E-state index in [2.05, 4.69) is 16.9 Å². The average Bonchev–Trinajstić information content (AvgIpc) is 2.65. The van der Waals surface area contributed by atoms with Crippen molar-refractivity contribution in [2.75, 3.05) is 20.1 Å². The Kier molecular flexibility index (Phi) is 2.92. The maximum atomic E-state index is 12.1. The van der Waals surface area contributed by atoms with Crippen molar-refractivity contribution in [2.24, 2.45) is 0 Å². The molecule has 18 heavy (non-hydrogen) atoms. The highest BCUT2D eigenvalue weighted by Gasteiger charge is 2.21. The van der Waals surface area contributed by atoms with E-state index < -0.39 is 0 Å². The second-order valence-electron chi connectivity index (χ2n) is 5.00. The fraction of sp³-hybridized carbons (Fsp3) is 0.462. The number of aromatic nitrogens is 2. The summed E-state index contributed by atoms with van der Waals surface area (Å²) in [5.74, 6) is 0. The molecule has 5 heteroatoms. The molecule has 0 saturated carbocycles. The van der Waals surface area contributed by atoms with Crippen LogP contribution in [-0.2, 0) is 0 Å². The molecule has 0 bridgehead atoms. The second-order valence-corrected chi connectivity index (χ2v) is 5.43. The first-order valence-electron chi connectivity index (χ1n) is 6.23. The van der Waals surface area contributed by atoms with Crippen molar-refractivity contribution in [1.29, 1.82) is 0 Å². The second kappa shape index (κ2) is 4.44. The van der Waals surface area contributed by atoms with Gasteiger partial charge in [0.25, 0.3) is 0 Å². The Morgan fingerprint density at radius 3 is 2.78 bits per heavy atom. The van der Waals surface area contributed by atoms with Crippen LogP contribution in [0.15, 0.2) is 23.0 Å². The minimum Gasteiger partial charge on any atom is -0.306 e. The van der Waals surface area contributed by atoms with Gasteiger partial charge in [-0.15, -0.1) is 0 Å². The first-order valence-corrected chi connectivity index (χ1v) is 6.61. The lowest BCUT2D eigenvalue weighted by molar-refractivity contribution is 0.221. The molecule has 2 aromatic rings. The fourth-order valence-electron chi connectivity index (χ4n) is 2.72. The van der Waals surface area contributed by atoms with Crippen LogP contribution in [0.2, 0.25) is 5.02 Å². The Balaban J connectivity index is 2.06. The van der Waals surface area contributed by atoms with Gasteiger partial charge in [-0.2, -0.15) is 0 Å². The molecule has 0 spiro atoms. The number of hydrogen-bond donors (Lipinski definition) is 1. The molecule has 0 unspecified atom stereocenters. The average molecular weight is 266 g/mol. The van der Waals surface area contributed by atoms with E-state index in [9.17, 15) is 4.79 Å². The van der Waals surface area contributed by atoms with Crippen LogP contribution in [0.5, 0.6) is 0 Å². The van der Waals surface area contributed by atoms with E-state index in [0.29, 0.717) is 11.1 Å². The van der Waals surface area contributed by atoms with Gasteiger partial charge in [0.05, 0.1) is 11.0 Å². The summed E-state index contributed by atoms with van der Waals surface area (Å²) in [6.07, 6.45) is 2.04. The van der Waals surface area contributed by atoms with Gasteiger partial charge < -0.3 is 9.88 Å². The number of nitrogens with zero attached hydrogens (tertiary/aromatic N) is 2. The zero-order valence-electron chi connectivity index (χ0n) is 10.3. The third kappa shape index (κ3) is 1.95. The summed E-state index contributed by atoms with van der Waals surface area (Å²) in [7, 11) is 2.12. The smallest absolute Gasteiger partial charge is 0.306 e. The summed E-state index contributed by atoms with van der Waals surface area (Å²) in [5.41, 5.74) is 1.76. The summed E-state index contributed by atoms with van der Waals surface area (Å²) in [4.78, 5) is 17.3. The molecular formula is C13H16ClN3O. The van der Waals surface area contributed by atoms with Crippen molar-refractivity contribution in [3.63, 3.8) is 0 Å². The number of likely N-dealkylation sites (tertiary alicyclic amines) is 1. The Labute approximate surface area is 110 Å². The number of halogens is 1. The van der Waals surface area contributed by atoms with Crippen molar-refractivity contribution >= 4 is 22.6 Å². The van der Waals surface area contributed by atoms with Gasteiger partial charge in [0.2, 0.25) is 0 Å². The van der Waals surface area contributed by atoms with E-state index in [4.69, 9.17) is 11.6 Å². The molecular weight excluding hydrogens is 250 g/mol. The Bertz CT molecular complexity index is 623. The number of H-pyrrole nitrogens is 1. The first-order chi connectivity index (χ1) is 8.65. The summed E-state index contributed by atoms with van der Waals surface area (Å²) < 4.78 is 1.89. The normalized spacial score (nSPS) is 18.6. The number of rotatable bonds is 1. The van der Waals surface area contributed by atoms with Gasteiger partial charge in [-0.1, -0.05) is 11.6 Å². The molecule has 0 atom stereocenters. The summed E-state index contributed by atoms with van der Waals surface area (Å²) in [5, 5.41) is 0.652. The Morgan fingerprint density at radius 1 is 1.33 bits per heavy atom. The lowest BCUT2D eigenvalue weighted by Crippen LogP contribution is -2.34. The van der Waals surface area contributed by atoms with E-state index in [1.807, 2.05) is 22.8 Å². The van der Waals surface area contributed by atoms with Crippen LogP contribution >= 0.6 is 11.6 Å². The maximum absolute atomic E-state index is 12.1. The van der Waals surface area contributed by atoms with Crippen molar-refractivity contribution in [3.05, 3.63) is 33.7 Å². The molecule has 1 aromatic heterocycles. The highest BCUT2D eigenvalue weighted by atomic mass is 35.5. The number of piperidine rings is 1. The highest BCUT2D eigenvalue weighted by Crippen LogP contribution is 2.25. The summed E-state index contributed by atoms with van der Waals surface area (Å²) in [6.45, 7) is 2.08. The van der Waals surface area contributed by atoms with Gasteiger partial charge >= 0.3 is 5.69 Å². The van der Waals surface area contributed by atoms with Crippen LogP contribution in [-0.4, -0.2) is 34.6 Å². The minimum atomic E-state index is -0.0261. The van der Waals surface area contributed by atoms with Crippen molar-refractivity contribution in [1.82, 2.24) is 14.5 Å². The third-order valence-electron chi connectivity index (χ3n) is 3.73. The van der Waals surface area contributed by atoms with Gasteiger partial charge in [-0.25, -0.2) is 4.79 Å². The van der Waals surface area contributed by atoms with Crippen LogP contribution < -0.4 is 5.69 Å². The van der Waals surface area contributed by atoms with Crippen LogP contribution in [0, 0.1) is 0 Å². The molecule has 4 nitrogen and oxygen atoms in total. The quantitative estimate of drug-likeness (QED) is 0.859. The van der Waals surface area contributed by atoms with Crippen molar-refractivity contribution in [2.45, 2.75) is 18.9 Å². The lowest BCUT2D eigenvalue weighted by Gasteiger charge is -2.29. The zero-order valence-corrected chi connectivity index (χ0v) is 11.1. The Morgan fingerprint density at radius 2 is 2.06 bits per heavy atom. The van der Waals surface area contributed by atoms with Gasteiger partial charge in [-0.3, -0.25) is 4.57 Å². The Hall–Kier alpha value is -1.26. The highest BCUT2D eigenvalue weighted by molar-refractivity contribution is 6.31. The molecule has 96 valence electrons. The molecule has 2 heterocycles. The molecule has 1 aliphatic rings. The topological polar surface area (TPSA) is 41.0 Å². The minimum absolute atomic E-state index is 0.0261. The first kappa shape index (κ1) is 11.8. The molecule has 0 amide bonds. The van der Waals surface area contributed by atoms with Crippen LogP contribution in [0.4, 0.5) is 0 Å². The number of benzene rings is 1. The summed E-state index contributed by atoms with van der Waals surface area (Å²) >= 11 is 5.95. The van der Waals surface area contributed by atoms with E-state index in [1.54, 1.807) is 0 Å². The standard InChI is InChI=1S/C13H16ClN3O/c1-16-6-4-10(5-7-16)17-12-3-2-9(14)8-11(12)15-13(17)18/h2-3,8,10H,4-7H2,1H3,(H,15,18). The fourth-order valence-corrected chi connectivity index (χ4v) is 2.89. The number of hydrogen-bond acceptors (Lipinski definition) is 2. The van der Waals surface area contributed by atoms with Gasteiger partial charge in [0.15, 0.2) is 0 Å². The molecule has 1 aromatic carbocycles. The molecule has 3 rings (SSSR count). The van der Waals surface area contributed by atoms with E-state index in [1.165, 1.54) is 0 Å². The number of imidazole rings is 1. The number of aromatic amines is 1. The molecule has 1 fully saturated rings. The van der Waals surface area contributed by atoms with Crippen molar-refractivity contribution < 1.29 is 0 Å². The number of fused-ring (bicyclic) bond motifs is 1. The SMILES string of the molecule is CN1CCC(n2c(=O)[nH]c3cc(Cl)ccc32)CC1. The molecule has 1 aliphatic heterocycles. The largest absolute Gasteiger partial charge is 0.326 e. The van der Waals surface area contributed by atoms with Crippen molar-refractivity contribution in [3.8, 4) is 0 Å².